The first-order valence-corrected chi connectivity index (χ1v) is 8.23. The van der Waals surface area contributed by atoms with Gasteiger partial charge in [0.2, 0.25) is 0 Å². The Bertz CT molecular complexity index is 807. The predicted molar refractivity (Wildman–Crippen MR) is 99.0 cm³/mol. The van der Waals surface area contributed by atoms with E-state index in [9.17, 15) is 9.59 Å². The van der Waals surface area contributed by atoms with Crippen LogP contribution in [0.15, 0.2) is 36.4 Å². The second-order valence-corrected chi connectivity index (χ2v) is 5.97. The molecule has 138 valence electrons. The van der Waals surface area contributed by atoms with Crippen molar-refractivity contribution in [1.82, 2.24) is 0 Å². The molecule has 6 nitrogen and oxygen atoms in total. The number of rotatable bonds is 7. The van der Waals surface area contributed by atoms with Crippen molar-refractivity contribution >= 4 is 29.2 Å². The van der Waals surface area contributed by atoms with Gasteiger partial charge < -0.3 is 19.5 Å². The molecule has 2 rings (SSSR count). The van der Waals surface area contributed by atoms with Crippen LogP contribution in [0.1, 0.15) is 11.1 Å². The fraction of sp³-hybridized carbons (Fsp3) is 0.263. The van der Waals surface area contributed by atoms with Gasteiger partial charge in [0, 0.05) is 6.07 Å². The van der Waals surface area contributed by atoms with E-state index in [4.69, 9.17) is 25.8 Å². The predicted octanol–water partition coefficient (Wildman–Crippen LogP) is 3.39. The van der Waals surface area contributed by atoms with Crippen molar-refractivity contribution in [2.45, 2.75) is 13.3 Å². The lowest BCUT2D eigenvalue weighted by atomic mass is 10.1. The van der Waals surface area contributed by atoms with Crippen molar-refractivity contribution in [2.75, 3.05) is 26.1 Å². The molecule has 0 aromatic heterocycles. The van der Waals surface area contributed by atoms with Crippen molar-refractivity contribution in [1.29, 1.82) is 0 Å². The van der Waals surface area contributed by atoms with Gasteiger partial charge in [0.1, 0.15) is 11.5 Å². The molecule has 0 aliphatic rings. The van der Waals surface area contributed by atoms with Crippen LogP contribution in [0, 0.1) is 6.92 Å². The summed E-state index contributed by atoms with van der Waals surface area (Å²) in [5.74, 6) is -0.176. The van der Waals surface area contributed by atoms with Crippen molar-refractivity contribution in [2.24, 2.45) is 0 Å². The number of ether oxygens (including phenoxy) is 3. The molecule has 2 aromatic carbocycles. The lowest BCUT2D eigenvalue weighted by molar-refractivity contribution is -0.146. The van der Waals surface area contributed by atoms with Gasteiger partial charge in [-0.25, -0.2) is 0 Å². The first kappa shape index (κ1) is 19.6. The second kappa shape index (κ2) is 9.10. The minimum absolute atomic E-state index is 0.104. The first-order valence-electron chi connectivity index (χ1n) is 7.85. The van der Waals surface area contributed by atoms with Gasteiger partial charge >= 0.3 is 5.97 Å². The third-order valence-corrected chi connectivity index (χ3v) is 3.84. The Morgan fingerprint density at radius 3 is 2.46 bits per heavy atom. The van der Waals surface area contributed by atoms with Crippen molar-refractivity contribution < 1.29 is 23.8 Å². The van der Waals surface area contributed by atoms with E-state index in [0.29, 0.717) is 22.2 Å². The number of aryl methyl sites for hydroxylation is 1. The molecular formula is C19H20ClNO5. The number of hydrogen-bond donors (Lipinski definition) is 1. The lowest BCUT2D eigenvalue weighted by Crippen LogP contribution is -2.22. The Kier molecular flexibility index (Phi) is 6.86. The third kappa shape index (κ3) is 5.39. The fourth-order valence-electron chi connectivity index (χ4n) is 2.33. The van der Waals surface area contributed by atoms with E-state index in [0.717, 1.165) is 11.1 Å². The molecule has 0 aliphatic carbocycles. The smallest absolute Gasteiger partial charge is 0.310 e. The van der Waals surface area contributed by atoms with Gasteiger partial charge in [-0.15, -0.1) is 0 Å². The number of halogens is 1. The third-order valence-electron chi connectivity index (χ3n) is 3.54. The molecule has 0 aliphatic heterocycles. The topological polar surface area (TPSA) is 73.9 Å². The summed E-state index contributed by atoms with van der Waals surface area (Å²) in [4.78, 5) is 23.9. The summed E-state index contributed by atoms with van der Waals surface area (Å²) in [6, 6.07) is 10.6. The molecule has 0 atom stereocenters. The Morgan fingerprint density at radius 2 is 1.81 bits per heavy atom. The number of amides is 1. The van der Waals surface area contributed by atoms with Gasteiger partial charge in [-0.1, -0.05) is 41.4 Å². The van der Waals surface area contributed by atoms with Gasteiger partial charge in [-0.2, -0.15) is 0 Å². The highest BCUT2D eigenvalue weighted by molar-refractivity contribution is 6.32. The van der Waals surface area contributed by atoms with Crippen LogP contribution in [-0.2, 0) is 20.7 Å². The zero-order chi connectivity index (χ0) is 19.1. The van der Waals surface area contributed by atoms with E-state index in [-0.39, 0.29) is 6.42 Å². The molecule has 0 bridgehead atoms. The van der Waals surface area contributed by atoms with Gasteiger partial charge in [0.15, 0.2) is 6.61 Å². The summed E-state index contributed by atoms with van der Waals surface area (Å²) >= 11 is 6.06. The average Bonchev–Trinajstić information content (AvgIpc) is 2.60. The number of methoxy groups -OCH3 is 2. The number of carbonyl (C=O) groups excluding carboxylic acids is 2. The highest BCUT2D eigenvalue weighted by Gasteiger charge is 2.14. The van der Waals surface area contributed by atoms with Crippen LogP contribution in [0.2, 0.25) is 5.02 Å². The van der Waals surface area contributed by atoms with Crippen LogP contribution in [0.5, 0.6) is 11.5 Å². The van der Waals surface area contributed by atoms with Crippen LogP contribution >= 0.6 is 11.6 Å². The fourth-order valence-corrected chi connectivity index (χ4v) is 2.57. The van der Waals surface area contributed by atoms with E-state index in [1.54, 1.807) is 6.07 Å². The Morgan fingerprint density at radius 1 is 1.08 bits per heavy atom. The van der Waals surface area contributed by atoms with Gasteiger partial charge in [0.25, 0.3) is 5.91 Å². The SMILES string of the molecule is COc1cc(OC)c(NC(=O)COC(=O)Cc2cccc(C)c2)cc1Cl. The molecule has 0 spiro atoms. The summed E-state index contributed by atoms with van der Waals surface area (Å²) in [7, 11) is 2.94. The molecular weight excluding hydrogens is 358 g/mol. The standard InChI is InChI=1S/C19H20ClNO5/c1-12-5-4-6-13(7-12)8-19(23)26-11-18(22)21-15-9-14(20)16(24-2)10-17(15)25-3/h4-7,9-10H,8,11H2,1-3H3,(H,21,22). The highest BCUT2D eigenvalue weighted by atomic mass is 35.5. The summed E-state index contributed by atoms with van der Waals surface area (Å²) in [6.07, 6.45) is 0.104. The maximum absolute atomic E-state index is 12.0. The monoisotopic (exact) mass is 377 g/mol. The van der Waals surface area contributed by atoms with Crippen molar-refractivity contribution in [3.8, 4) is 11.5 Å². The lowest BCUT2D eigenvalue weighted by Gasteiger charge is -2.13. The number of benzene rings is 2. The minimum atomic E-state index is -0.498. The molecule has 0 fully saturated rings. The van der Waals surface area contributed by atoms with E-state index >= 15 is 0 Å². The zero-order valence-electron chi connectivity index (χ0n) is 14.8. The molecule has 0 heterocycles. The quantitative estimate of drug-likeness (QED) is 0.749. The maximum atomic E-state index is 12.0. The van der Waals surface area contributed by atoms with Gasteiger partial charge in [-0.3, -0.25) is 9.59 Å². The van der Waals surface area contributed by atoms with Crippen molar-refractivity contribution in [3.63, 3.8) is 0 Å². The number of nitrogens with one attached hydrogen (secondary N) is 1. The average molecular weight is 378 g/mol. The molecule has 0 unspecified atom stereocenters. The zero-order valence-corrected chi connectivity index (χ0v) is 15.6. The van der Waals surface area contributed by atoms with Gasteiger partial charge in [0.05, 0.1) is 31.4 Å². The molecule has 2 aromatic rings. The van der Waals surface area contributed by atoms with E-state index in [2.05, 4.69) is 5.32 Å². The van der Waals surface area contributed by atoms with E-state index in [1.807, 2.05) is 31.2 Å². The van der Waals surface area contributed by atoms with Gasteiger partial charge in [-0.05, 0) is 18.6 Å². The van der Waals surface area contributed by atoms with E-state index in [1.165, 1.54) is 20.3 Å². The van der Waals surface area contributed by atoms with Crippen LogP contribution in [0.25, 0.3) is 0 Å². The Balaban J connectivity index is 1.92. The van der Waals surface area contributed by atoms with Crippen LogP contribution in [0.4, 0.5) is 5.69 Å². The summed E-state index contributed by atoms with van der Waals surface area (Å²) in [5, 5.41) is 2.92. The first-order chi connectivity index (χ1) is 12.4. The van der Waals surface area contributed by atoms with E-state index < -0.39 is 18.5 Å². The molecule has 7 heteroatoms. The number of esters is 1. The molecule has 26 heavy (non-hydrogen) atoms. The van der Waals surface area contributed by atoms with Crippen LogP contribution in [0.3, 0.4) is 0 Å². The number of hydrogen-bond acceptors (Lipinski definition) is 5. The second-order valence-electron chi connectivity index (χ2n) is 5.56. The molecule has 0 saturated heterocycles. The van der Waals surface area contributed by atoms with Crippen molar-refractivity contribution in [3.05, 3.63) is 52.5 Å². The number of anilines is 1. The highest BCUT2D eigenvalue weighted by Crippen LogP contribution is 2.35. The number of carbonyl (C=O) groups is 2. The Hall–Kier alpha value is -2.73. The normalized spacial score (nSPS) is 10.2. The summed E-state index contributed by atoms with van der Waals surface area (Å²) < 4.78 is 15.3. The minimum Gasteiger partial charge on any atom is -0.495 e. The molecule has 0 saturated carbocycles. The molecule has 1 amide bonds. The summed E-state index contributed by atoms with van der Waals surface area (Å²) in [5.41, 5.74) is 2.24. The largest absolute Gasteiger partial charge is 0.495 e. The van der Waals surface area contributed by atoms with Crippen LogP contribution in [-0.4, -0.2) is 32.7 Å². The Labute approximate surface area is 157 Å². The molecule has 1 N–H and O–H groups in total. The van der Waals surface area contributed by atoms with Crippen LogP contribution < -0.4 is 14.8 Å². The maximum Gasteiger partial charge on any atom is 0.310 e. The molecule has 0 radical (unpaired) electrons. The summed E-state index contributed by atoms with van der Waals surface area (Å²) in [6.45, 7) is 1.53.